The molecule has 3 rings (SSSR count). The molecule has 0 radical (unpaired) electrons. The molecule has 0 saturated carbocycles. The molecule has 20 heavy (non-hydrogen) atoms. The molecule has 4 heteroatoms. The normalized spacial score (nSPS) is 17.1. The Morgan fingerprint density at radius 3 is 2.85 bits per heavy atom. The van der Waals surface area contributed by atoms with Gasteiger partial charge in [-0.2, -0.15) is 0 Å². The van der Waals surface area contributed by atoms with Gasteiger partial charge in [0.15, 0.2) is 0 Å². The number of hydrogen-bond donors (Lipinski definition) is 2. The van der Waals surface area contributed by atoms with Gasteiger partial charge in [0.25, 0.3) is 0 Å². The Balaban J connectivity index is 1.69. The lowest BCUT2D eigenvalue weighted by Gasteiger charge is -2.24. The van der Waals surface area contributed by atoms with E-state index in [2.05, 4.69) is 28.0 Å². The second-order valence-corrected chi connectivity index (χ2v) is 4.97. The SMILES string of the molecule is O=C(NNc1ccccn1)C1CCCc2ccccc21. The number of fused-ring (bicyclic) bond motifs is 1. The third-order valence-corrected chi connectivity index (χ3v) is 3.66. The Kier molecular flexibility index (Phi) is 3.63. The van der Waals surface area contributed by atoms with Crippen LogP contribution in [0.3, 0.4) is 0 Å². The number of aromatic nitrogens is 1. The monoisotopic (exact) mass is 267 g/mol. The van der Waals surface area contributed by atoms with Gasteiger partial charge in [-0.05, 0) is 42.5 Å². The molecule has 102 valence electrons. The number of aryl methyl sites for hydroxylation is 1. The van der Waals surface area contributed by atoms with Crippen LogP contribution in [-0.2, 0) is 11.2 Å². The van der Waals surface area contributed by atoms with Crippen molar-refractivity contribution < 1.29 is 4.79 Å². The minimum Gasteiger partial charge on any atom is -0.282 e. The van der Waals surface area contributed by atoms with E-state index in [1.54, 1.807) is 6.20 Å². The van der Waals surface area contributed by atoms with Crippen LogP contribution in [0.5, 0.6) is 0 Å². The maximum absolute atomic E-state index is 12.3. The molecule has 4 nitrogen and oxygen atoms in total. The predicted molar refractivity (Wildman–Crippen MR) is 78.1 cm³/mol. The van der Waals surface area contributed by atoms with Gasteiger partial charge in [-0.15, -0.1) is 0 Å². The first-order valence-corrected chi connectivity index (χ1v) is 6.89. The molecule has 0 saturated heterocycles. The van der Waals surface area contributed by atoms with E-state index in [-0.39, 0.29) is 11.8 Å². The van der Waals surface area contributed by atoms with Gasteiger partial charge in [0.1, 0.15) is 5.82 Å². The first-order valence-electron chi connectivity index (χ1n) is 6.89. The lowest BCUT2D eigenvalue weighted by molar-refractivity contribution is -0.122. The largest absolute Gasteiger partial charge is 0.282 e. The predicted octanol–water partition coefficient (Wildman–Crippen LogP) is 2.64. The third-order valence-electron chi connectivity index (χ3n) is 3.66. The molecular weight excluding hydrogens is 250 g/mol. The number of amides is 1. The average Bonchev–Trinajstić information content (AvgIpc) is 2.53. The molecule has 1 amide bonds. The molecule has 1 aliphatic rings. The van der Waals surface area contributed by atoms with Crippen LogP contribution in [0.1, 0.15) is 29.9 Å². The number of pyridine rings is 1. The second kappa shape index (κ2) is 5.74. The lowest BCUT2D eigenvalue weighted by Crippen LogP contribution is -2.35. The van der Waals surface area contributed by atoms with E-state index in [0.29, 0.717) is 5.82 Å². The summed E-state index contributed by atoms with van der Waals surface area (Å²) in [7, 11) is 0. The van der Waals surface area contributed by atoms with Crippen LogP contribution in [0.25, 0.3) is 0 Å². The molecule has 0 aliphatic heterocycles. The molecule has 1 atom stereocenters. The van der Waals surface area contributed by atoms with Crippen molar-refractivity contribution in [2.45, 2.75) is 25.2 Å². The highest BCUT2D eigenvalue weighted by molar-refractivity contribution is 5.85. The Bertz CT molecular complexity index is 598. The van der Waals surface area contributed by atoms with Crippen molar-refractivity contribution in [2.75, 3.05) is 5.43 Å². The topological polar surface area (TPSA) is 54.0 Å². The van der Waals surface area contributed by atoms with Crippen LogP contribution in [0.4, 0.5) is 5.82 Å². The van der Waals surface area contributed by atoms with E-state index < -0.39 is 0 Å². The molecule has 1 aromatic heterocycles. The summed E-state index contributed by atoms with van der Waals surface area (Å²) in [4.78, 5) is 16.4. The highest BCUT2D eigenvalue weighted by Gasteiger charge is 2.25. The summed E-state index contributed by atoms with van der Waals surface area (Å²) >= 11 is 0. The van der Waals surface area contributed by atoms with Crippen LogP contribution in [0.2, 0.25) is 0 Å². The fraction of sp³-hybridized carbons (Fsp3) is 0.250. The van der Waals surface area contributed by atoms with E-state index in [1.165, 1.54) is 5.56 Å². The Morgan fingerprint density at radius 2 is 2.00 bits per heavy atom. The average molecular weight is 267 g/mol. The van der Waals surface area contributed by atoms with E-state index >= 15 is 0 Å². The van der Waals surface area contributed by atoms with Gasteiger partial charge in [0.2, 0.25) is 5.91 Å². The summed E-state index contributed by atoms with van der Waals surface area (Å²) in [5.41, 5.74) is 8.06. The van der Waals surface area contributed by atoms with E-state index in [0.717, 1.165) is 24.8 Å². The number of benzene rings is 1. The molecule has 1 aliphatic carbocycles. The smallest absolute Gasteiger partial charge is 0.245 e. The Labute approximate surface area is 118 Å². The quantitative estimate of drug-likeness (QED) is 0.841. The lowest BCUT2D eigenvalue weighted by atomic mass is 9.82. The maximum atomic E-state index is 12.3. The number of nitrogens with one attached hydrogen (secondary N) is 2. The standard InChI is InChI=1S/C16H17N3O/c20-16(19-18-15-10-3-4-11-17-15)14-9-5-7-12-6-1-2-8-13(12)14/h1-4,6,8,10-11,14H,5,7,9H2,(H,17,18)(H,19,20). The molecule has 1 unspecified atom stereocenters. The molecule has 0 bridgehead atoms. The summed E-state index contributed by atoms with van der Waals surface area (Å²) in [5.74, 6) is 0.573. The van der Waals surface area contributed by atoms with Crippen molar-refractivity contribution in [3.63, 3.8) is 0 Å². The minimum atomic E-state index is -0.0730. The van der Waals surface area contributed by atoms with Gasteiger partial charge in [-0.1, -0.05) is 30.3 Å². The van der Waals surface area contributed by atoms with Gasteiger partial charge < -0.3 is 0 Å². The van der Waals surface area contributed by atoms with Crippen LogP contribution >= 0.6 is 0 Å². The second-order valence-electron chi connectivity index (χ2n) is 4.97. The van der Waals surface area contributed by atoms with Crippen molar-refractivity contribution in [1.29, 1.82) is 0 Å². The summed E-state index contributed by atoms with van der Waals surface area (Å²) in [6.07, 6.45) is 4.70. The maximum Gasteiger partial charge on any atom is 0.245 e. The third kappa shape index (κ3) is 2.64. The highest BCUT2D eigenvalue weighted by Crippen LogP contribution is 2.31. The van der Waals surface area contributed by atoms with Crippen molar-refractivity contribution in [2.24, 2.45) is 0 Å². The molecule has 0 fully saturated rings. The molecule has 2 aromatic rings. The summed E-state index contributed by atoms with van der Waals surface area (Å²) in [5, 5.41) is 0. The van der Waals surface area contributed by atoms with Crippen LogP contribution in [0.15, 0.2) is 48.7 Å². The molecular formula is C16H17N3O. The zero-order valence-electron chi connectivity index (χ0n) is 11.2. The summed E-state index contributed by atoms with van der Waals surface area (Å²) < 4.78 is 0. The van der Waals surface area contributed by atoms with Crippen LogP contribution in [-0.4, -0.2) is 10.9 Å². The van der Waals surface area contributed by atoms with Crippen molar-refractivity contribution in [1.82, 2.24) is 10.4 Å². The van der Waals surface area contributed by atoms with Gasteiger partial charge in [-0.25, -0.2) is 4.98 Å². The van der Waals surface area contributed by atoms with Crippen LogP contribution < -0.4 is 10.9 Å². The number of nitrogens with zero attached hydrogens (tertiary/aromatic N) is 1. The molecule has 1 heterocycles. The fourth-order valence-corrected chi connectivity index (χ4v) is 2.68. The zero-order chi connectivity index (χ0) is 13.8. The number of hydrazine groups is 1. The van der Waals surface area contributed by atoms with Crippen molar-refractivity contribution in [3.05, 3.63) is 59.8 Å². The minimum absolute atomic E-state index is 0.00260. The first-order chi connectivity index (χ1) is 9.84. The Morgan fingerprint density at radius 1 is 1.15 bits per heavy atom. The van der Waals surface area contributed by atoms with Gasteiger partial charge >= 0.3 is 0 Å². The highest BCUT2D eigenvalue weighted by atomic mass is 16.2. The number of hydrogen-bond acceptors (Lipinski definition) is 3. The number of anilines is 1. The number of carbonyl (C=O) groups is 1. The van der Waals surface area contributed by atoms with Crippen molar-refractivity contribution >= 4 is 11.7 Å². The van der Waals surface area contributed by atoms with E-state index in [9.17, 15) is 4.79 Å². The van der Waals surface area contributed by atoms with E-state index in [4.69, 9.17) is 0 Å². The summed E-state index contributed by atoms with van der Waals surface area (Å²) in [6.45, 7) is 0. The first kappa shape index (κ1) is 12.7. The van der Waals surface area contributed by atoms with E-state index in [1.807, 2.05) is 30.3 Å². The summed E-state index contributed by atoms with van der Waals surface area (Å²) in [6, 6.07) is 13.7. The number of rotatable bonds is 3. The number of carbonyl (C=O) groups excluding carboxylic acids is 1. The fourth-order valence-electron chi connectivity index (χ4n) is 2.68. The van der Waals surface area contributed by atoms with Gasteiger partial charge in [0.05, 0.1) is 5.92 Å². The zero-order valence-corrected chi connectivity index (χ0v) is 11.2. The van der Waals surface area contributed by atoms with Crippen molar-refractivity contribution in [3.8, 4) is 0 Å². The van der Waals surface area contributed by atoms with Crippen LogP contribution in [0, 0.1) is 0 Å². The molecule has 2 N–H and O–H groups in total. The molecule has 1 aromatic carbocycles. The Hall–Kier alpha value is -2.36. The van der Waals surface area contributed by atoms with Gasteiger partial charge in [0, 0.05) is 6.20 Å². The van der Waals surface area contributed by atoms with Gasteiger partial charge in [-0.3, -0.25) is 15.6 Å². The molecule has 0 spiro atoms.